The van der Waals surface area contributed by atoms with Crippen molar-refractivity contribution in [3.05, 3.63) is 18.1 Å². The molecule has 1 aliphatic rings. The van der Waals surface area contributed by atoms with E-state index in [0.717, 1.165) is 37.1 Å². The van der Waals surface area contributed by atoms with Crippen molar-refractivity contribution in [1.29, 1.82) is 0 Å². The fraction of sp³-hybridized carbons (Fsp3) is 0.714. The van der Waals surface area contributed by atoms with E-state index in [-0.39, 0.29) is 0 Å². The maximum absolute atomic E-state index is 4.54. The molecule has 1 saturated carbocycles. The van der Waals surface area contributed by atoms with Crippen molar-refractivity contribution in [3.63, 3.8) is 0 Å². The maximum atomic E-state index is 4.54. The molecule has 4 heteroatoms. The standard InChI is InChI=1S/C14H24N4/c1-4-11(3)18(5-2)14-10-16-13(9-17-14)8-15-12-6-7-12/h9-12,15H,4-8H2,1-3H3. The van der Waals surface area contributed by atoms with E-state index in [1.807, 2.05) is 12.4 Å². The molecular weight excluding hydrogens is 224 g/mol. The summed E-state index contributed by atoms with van der Waals surface area (Å²) in [6.45, 7) is 8.41. The van der Waals surface area contributed by atoms with Crippen molar-refractivity contribution < 1.29 is 0 Å². The van der Waals surface area contributed by atoms with Gasteiger partial charge < -0.3 is 10.2 Å². The Bertz CT molecular complexity index is 359. The molecule has 100 valence electrons. The fourth-order valence-corrected chi connectivity index (χ4v) is 2.04. The molecule has 1 heterocycles. The molecule has 0 aliphatic heterocycles. The van der Waals surface area contributed by atoms with Crippen molar-refractivity contribution in [3.8, 4) is 0 Å². The monoisotopic (exact) mass is 248 g/mol. The van der Waals surface area contributed by atoms with Crippen LogP contribution in [0.2, 0.25) is 0 Å². The SMILES string of the molecule is CCC(C)N(CC)c1cnc(CNC2CC2)cn1. The van der Waals surface area contributed by atoms with Crippen LogP contribution < -0.4 is 10.2 Å². The largest absolute Gasteiger partial charge is 0.353 e. The van der Waals surface area contributed by atoms with E-state index in [0.29, 0.717) is 6.04 Å². The third-order valence-electron chi connectivity index (χ3n) is 3.60. The second-order valence-electron chi connectivity index (χ2n) is 5.06. The quantitative estimate of drug-likeness (QED) is 0.804. The molecule has 0 radical (unpaired) electrons. The van der Waals surface area contributed by atoms with Crippen LogP contribution in [0.25, 0.3) is 0 Å². The summed E-state index contributed by atoms with van der Waals surface area (Å²) in [4.78, 5) is 11.3. The highest BCUT2D eigenvalue weighted by atomic mass is 15.2. The lowest BCUT2D eigenvalue weighted by molar-refractivity contribution is 0.619. The summed E-state index contributed by atoms with van der Waals surface area (Å²) < 4.78 is 0. The first-order chi connectivity index (χ1) is 8.74. The minimum absolute atomic E-state index is 0.514. The third-order valence-corrected chi connectivity index (χ3v) is 3.60. The summed E-state index contributed by atoms with van der Waals surface area (Å²) in [5.41, 5.74) is 1.03. The number of hydrogen-bond donors (Lipinski definition) is 1. The molecule has 18 heavy (non-hydrogen) atoms. The van der Waals surface area contributed by atoms with Crippen LogP contribution in [0.1, 0.15) is 45.7 Å². The molecule has 0 amide bonds. The van der Waals surface area contributed by atoms with Gasteiger partial charge in [0.25, 0.3) is 0 Å². The average molecular weight is 248 g/mol. The summed E-state index contributed by atoms with van der Waals surface area (Å²) in [7, 11) is 0. The van der Waals surface area contributed by atoms with Gasteiger partial charge in [0.15, 0.2) is 0 Å². The highest BCUT2D eigenvalue weighted by molar-refractivity contribution is 5.36. The molecule has 1 unspecified atom stereocenters. The average Bonchev–Trinajstić information content (AvgIpc) is 3.22. The van der Waals surface area contributed by atoms with E-state index in [1.54, 1.807) is 0 Å². The number of rotatable bonds is 7. The molecule has 4 nitrogen and oxygen atoms in total. The topological polar surface area (TPSA) is 41.1 Å². The van der Waals surface area contributed by atoms with Crippen LogP contribution in [-0.4, -0.2) is 28.6 Å². The summed E-state index contributed by atoms with van der Waals surface area (Å²) in [5.74, 6) is 0.988. The van der Waals surface area contributed by atoms with Gasteiger partial charge in [-0.3, -0.25) is 4.98 Å². The van der Waals surface area contributed by atoms with Gasteiger partial charge >= 0.3 is 0 Å². The zero-order valence-corrected chi connectivity index (χ0v) is 11.7. The molecule has 1 N–H and O–H groups in total. The van der Waals surface area contributed by atoms with Crippen LogP contribution in [0.15, 0.2) is 12.4 Å². The first kappa shape index (κ1) is 13.3. The number of hydrogen-bond acceptors (Lipinski definition) is 4. The van der Waals surface area contributed by atoms with E-state index in [1.165, 1.54) is 12.8 Å². The van der Waals surface area contributed by atoms with Gasteiger partial charge in [0, 0.05) is 25.2 Å². The highest BCUT2D eigenvalue weighted by Gasteiger charge is 2.20. The summed E-state index contributed by atoms with van der Waals surface area (Å²) in [6.07, 6.45) is 7.54. The van der Waals surface area contributed by atoms with E-state index in [9.17, 15) is 0 Å². The molecule has 0 spiro atoms. The van der Waals surface area contributed by atoms with Crippen molar-refractivity contribution in [2.24, 2.45) is 0 Å². The molecule has 1 fully saturated rings. The lowest BCUT2D eigenvalue weighted by Crippen LogP contribution is -2.33. The van der Waals surface area contributed by atoms with Gasteiger partial charge in [0.05, 0.1) is 18.1 Å². The van der Waals surface area contributed by atoms with Gasteiger partial charge in [-0.2, -0.15) is 0 Å². The Kier molecular flexibility index (Phi) is 4.53. The summed E-state index contributed by atoms with van der Waals surface area (Å²) in [5, 5.41) is 3.45. The first-order valence-electron chi connectivity index (χ1n) is 7.05. The van der Waals surface area contributed by atoms with Crippen LogP contribution in [0, 0.1) is 0 Å². The first-order valence-corrected chi connectivity index (χ1v) is 7.05. The minimum Gasteiger partial charge on any atom is -0.353 e. The molecule has 1 atom stereocenters. The Hall–Kier alpha value is -1.16. The molecule has 1 aromatic rings. The normalized spacial score (nSPS) is 16.6. The summed E-state index contributed by atoms with van der Waals surface area (Å²) >= 11 is 0. The molecule has 0 aromatic carbocycles. The van der Waals surface area contributed by atoms with E-state index >= 15 is 0 Å². The number of nitrogens with one attached hydrogen (secondary N) is 1. The van der Waals surface area contributed by atoms with Crippen molar-refractivity contribution in [2.75, 3.05) is 11.4 Å². The van der Waals surface area contributed by atoms with Crippen molar-refractivity contribution in [1.82, 2.24) is 15.3 Å². The molecule has 0 bridgehead atoms. The van der Waals surface area contributed by atoms with Gasteiger partial charge in [-0.25, -0.2) is 4.98 Å². The zero-order valence-electron chi connectivity index (χ0n) is 11.7. The Morgan fingerprint density at radius 1 is 1.33 bits per heavy atom. The lowest BCUT2D eigenvalue weighted by atomic mass is 10.2. The maximum Gasteiger partial charge on any atom is 0.147 e. The molecule has 1 aromatic heterocycles. The van der Waals surface area contributed by atoms with Gasteiger partial charge in [0.1, 0.15) is 5.82 Å². The zero-order chi connectivity index (χ0) is 13.0. The summed E-state index contributed by atoms with van der Waals surface area (Å²) in [6, 6.07) is 1.23. The molecular formula is C14H24N4. The number of nitrogens with zero attached hydrogens (tertiary/aromatic N) is 3. The number of anilines is 1. The smallest absolute Gasteiger partial charge is 0.147 e. The van der Waals surface area contributed by atoms with Gasteiger partial charge in [0.2, 0.25) is 0 Å². The Labute approximate surface area is 110 Å². The highest BCUT2D eigenvalue weighted by Crippen LogP contribution is 2.19. The van der Waals surface area contributed by atoms with Crippen LogP contribution in [0.3, 0.4) is 0 Å². The minimum atomic E-state index is 0.514. The predicted octanol–water partition coefficient (Wildman–Crippen LogP) is 2.35. The molecule has 1 aliphatic carbocycles. The molecule has 2 rings (SSSR count). The van der Waals surface area contributed by atoms with E-state index in [2.05, 4.69) is 41.0 Å². The van der Waals surface area contributed by atoms with Gasteiger partial charge in [-0.1, -0.05) is 6.92 Å². The lowest BCUT2D eigenvalue weighted by Gasteiger charge is -2.27. The second-order valence-corrected chi connectivity index (χ2v) is 5.06. The Morgan fingerprint density at radius 2 is 2.11 bits per heavy atom. The van der Waals surface area contributed by atoms with Crippen LogP contribution in [-0.2, 0) is 6.54 Å². The van der Waals surface area contributed by atoms with Crippen LogP contribution in [0.5, 0.6) is 0 Å². The molecule has 0 saturated heterocycles. The second kappa shape index (κ2) is 6.14. The Balaban J connectivity index is 1.95. The Morgan fingerprint density at radius 3 is 2.61 bits per heavy atom. The van der Waals surface area contributed by atoms with Gasteiger partial charge in [-0.15, -0.1) is 0 Å². The third kappa shape index (κ3) is 3.42. The fourth-order valence-electron chi connectivity index (χ4n) is 2.04. The van der Waals surface area contributed by atoms with E-state index < -0.39 is 0 Å². The number of aromatic nitrogens is 2. The van der Waals surface area contributed by atoms with Crippen LogP contribution >= 0.6 is 0 Å². The van der Waals surface area contributed by atoms with Crippen molar-refractivity contribution >= 4 is 5.82 Å². The van der Waals surface area contributed by atoms with Gasteiger partial charge in [-0.05, 0) is 33.1 Å². The predicted molar refractivity (Wildman–Crippen MR) is 74.7 cm³/mol. The van der Waals surface area contributed by atoms with Crippen LogP contribution in [0.4, 0.5) is 5.82 Å². The van der Waals surface area contributed by atoms with Crippen molar-refractivity contribution in [2.45, 2.75) is 58.7 Å². The van der Waals surface area contributed by atoms with E-state index in [4.69, 9.17) is 0 Å².